The minimum atomic E-state index is -0.303. The van der Waals surface area contributed by atoms with E-state index < -0.39 is 0 Å². The van der Waals surface area contributed by atoms with Crippen LogP contribution in [0.5, 0.6) is 11.5 Å². The maximum Gasteiger partial charge on any atom is 0.250 e. The molecule has 0 aliphatic rings. The van der Waals surface area contributed by atoms with Gasteiger partial charge in [0.25, 0.3) is 0 Å². The van der Waals surface area contributed by atoms with Gasteiger partial charge < -0.3 is 14.8 Å². The van der Waals surface area contributed by atoms with Gasteiger partial charge in [-0.25, -0.2) is 0 Å². The standard InChI is InChI=1S/C22H26N2O3S/c1-4-16(3)27-20-13-9-18(10-14-20)23-22(28)24-21(25)15-8-17-6-11-19(12-7-17)26-5-2/h6-16H,4-5H2,1-3H3,(H2,23,24,25,28)/b15-8+. The number of nitrogens with one attached hydrogen (secondary N) is 2. The largest absolute Gasteiger partial charge is 0.494 e. The molecule has 0 aliphatic carbocycles. The van der Waals surface area contributed by atoms with Crippen molar-refractivity contribution in [3.8, 4) is 11.5 Å². The van der Waals surface area contributed by atoms with Crippen molar-refractivity contribution in [2.45, 2.75) is 33.3 Å². The fraction of sp³-hybridized carbons (Fsp3) is 0.273. The highest BCUT2D eigenvalue weighted by molar-refractivity contribution is 7.80. The van der Waals surface area contributed by atoms with E-state index in [1.54, 1.807) is 6.08 Å². The molecular formula is C22H26N2O3S. The van der Waals surface area contributed by atoms with Gasteiger partial charge in [-0.3, -0.25) is 10.1 Å². The van der Waals surface area contributed by atoms with Gasteiger partial charge in [-0.05, 0) is 80.5 Å². The number of thiocarbonyl (C=S) groups is 1. The fourth-order valence-electron chi connectivity index (χ4n) is 2.26. The van der Waals surface area contributed by atoms with E-state index in [2.05, 4.69) is 17.6 Å². The van der Waals surface area contributed by atoms with Crippen molar-refractivity contribution in [3.63, 3.8) is 0 Å². The fourth-order valence-corrected chi connectivity index (χ4v) is 2.48. The number of carbonyl (C=O) groups excluding carboxylic acids is 1. The summed E-state index contributed by atoms with van der Waals surface area (Å²) in [5, 5.41) is 5.84. The van der Waals surface area contributed by atoms with E-state index in [9.17, 15) is 4.79 Å². The number of rotatable bonds is 8. The first-order chi connectivity index (χ1) is 13.5. The van der Waals surface area contributed by atoms with E-state index in [0.29, 0.717) is 6.61 Å². The lowest BCUT2D eigenvalue weighted by atomic mass is 10.2. The number of amides is 1. The molecule has 0 bridgehead atoms. The molecule has 0 spiro atoms. The molecule has 2 rings (SSSR count). The Hall–Kier alpha value is -2.86. The summed E-state index contributed by atoms with van der Waals surface area (Å²) < 4.78 is 11.1. The first-order valence-corrected chi connectivity index (χ1v) is 9.70. The molecule has 0 saturated heterocycles. The van der Waals surface area contributed by atoms with Crippen molar-refractivity contribution < 1.29 is 14.3 Å². The number of anilines is 1. The van der Waals surface area contributed by atoms with E-state index in [4.69, 9.17) is 21.7 Å². The number of carbonyl (C=O) groups is 1. The average molecular weight is 399 g/mol. The Morgan fingerprint density at radius 2 is 1.71 bits per heavy atom. The van der Waals surface area contributed by atoms with Gasteiger partial charge in [0.15, 0.2) is 5.11 Å². The zero-order chi connectivity index (χ0) is 20.4. The van der Waals surface area contributed by atoms with Crippen LogP contribution in [0.25, 0.3) is 6.08 Å². The third kappa shape index (κ3) is 7.40. The second-order valence-electron chi connectivity index (χ2n) is 6.14. The van der Waals surface area contributed by atoms with Crippen LogP contribution in [0.3, 0.4) is 0 Å². The predicted octanol–water partition coefficient (Wildman–Crippen LogP) is 4.79. The zero-order valence-corrected chi connectivity index (χ0v) is 17.2. The van der Waals surface area contributed by atoms with Crippen molar-refractivity contribution >= 4 is 35.0 Å². The number of benzene rings is 2. The van der Waals surface area contributed by atoms with Gasteiger partial charge in [-0.2, -0.15) is 0 Å². The number of ether oxygens (including phenoxy) is 2. The molecule has 1 atom stereocenters. The Balaban J connectivity index is 1.82. The highest BCUT2D eigenvalue weighted by Gasteiger charge is 2.04. The van der Waals surface area contributed by atoms with E-state index in [1.165, 1.54) is 6.08 Å². The summed E-state index contributed by atoms with van der Waals surface area (Å²) in [6, 6.07) is 14.9. The van der Waals surface area contributed by atoms with E-state index >= 15 is 0 Å². The molecule has 0 saturated carbocycles. The highest BCUT2D eigenvalue weighted by atomic mass is 32.1. The van der Waals surface area contributed by atoms with Gasteiger partial charge in [-0.1, -0.05) is 19.1 Å². The van der Waals surface area contributed by atoms with Crippen LogP contribution in [0.15, 0.2) is 54.6 Å². The minimum absolute atomic E-state index is 0.168. The van der Waals surface area contributed by atoms with Crippen LogP contribution < -0.4 is 20.1 Å². The van der Waals surface area contributed by atoms with Gasteiger partial charge >= 0.3 is 0 Å². The number of hydrogen-bond acceptors (Lipinski definition) is 4. The monoisotopic (exact) mass is 398 g/mol. The molecule has 0 fully saturated rings. The molecule has 1 amide bonds. The van der Waals surface area contributed by atoms with Gasteiger partial charge in [0, 0.05) is 11.8 Å². The molecule has 0 heterocycles. The lowest BCUT2D eigenvalue weighted by molar-refractivity contribution is -0.115. The molecule has 5 nitrogen and oxygen atoms in total. The molecule has 2 aromatic rings. The summed E-state index contributed by atoms with van der Waals surface area (Å²) >= 11 is 5.19. The highest BCUT2D eigenvalue weighted by Crippen LogP contribution is 2.17. The van der Waals surface area contributed by atoms with Gasteiger partial charge in [-0.15, -0.1) is 0 Å². The molecule has 0 aliphatic heterocycles. The summed E-state index contributed by atoms with van der Waals surface area (Å²) in [6.45, 7) is 6.66. The van der Waals surface area contributed by atoms with Crippen LogP contribution in [0.2, 0.25) is 0 Å². The van der Waals surface area contributed by atoms with Crippen LogP contribution in [0.4, 0.5) is 5.69 Å². The van der Waals surface area contributed by atoms with E-state index in [0.717, 1.165) is 29.2 Å². The Bertz CT molecular complexity index is 802. The van der Waals surface area contributed by atoms with Gasteiger partial charge in [0.1, 0.15) is 11.5 Å². The van der Waals surface area contributed by atoms with Gasteiger partial charge in [0.2, 0.25) is 5.91 Å². The van der Waals surface area contributed by atoms with Crippen LogP contribution >= 0.6 is 12.2 Å². The molecule has 1 unspecified atom stereocenters. The Morgan fingerprint density at radius 3 is 2.32 bits per heavy atom. The second-order valence-corrected chi connectivity index (χ2v) is 6.55. The summed E-state index contributed by atoms with van der Waals surface area (Å²) in [7, 11) is 0. The maximum atomic E-state index is 12.0. The summed E-state index contributed by atoms with van der Waals surface area (Å²) in [4.78, 5) is 12.0. The topological polar surface area (TPSA) is 59.6 Å². The first kappa shape index (κ1) is 21.4. The SMILES string of the molecule is CCOc1ccc(/C=C/C(=O)NC(=S)Nc2ccc(OC(C)CC)cc2)cc1. The quantitative estimate of drug-likeness (QED) is 0.495. The second kappa shape index (κ2) is 11.1. The van der Waals surface area contributed by atoms with Crippen LogP contribution in [-0.4, -0.2) is 23.7 Å². The van der Waals surface area contributed by atoms with Crippen LogP contribution in [0, 0.1) is 0 Å². The Labute approximate surface area is 171 Å². The first-order valence-electron chi connectivity index (χ1n) is 9.29. The van der Waals surface area contributed by atoms with E-state index in [-0.39, 0.29) is 17.1 Å². The lowest BCUT2D eigenvalue weighted by Crippen LogP contribution is -2.32. The normalized spacial score (nSPS) is 11.7. The molecule has 6 heteroatoms. The molecule has 2 aromatic carbocycles. The summed E-state index contributed by atoms with van der Waals surface area (Å²) in [5.74, 6) is 1.30. The van der Waals surface area contributed by atoms with Crippen molar-refractivity contribution in [1.29, 1.82) is 0 Å². The smallest absolute Gasteiger partial charge is 0.250 e. The average Bonchev–Trinajstić information content (AvgIpc) is 2.69. The molecule has 28 heavy (non-hydrogen) atoms. The molecule has 148 valence electrons. The van der Waals surface area contributed by atoms with Crippen LogP contribution in [0.1, 0.15) is 32.8 Å². The Kier molecular flexibility index (Phi) is 8.49. The van der Waals surface area contributed by atoms with Crippen molar-refractivity contribution in [1.82, 2.24) is 5.32 Å². The third-order valence-corrected chi connectivity index (χ3v) is 4.08. The molecule has 0 radical (unpaired) electrons. The predicted molar refractivity (Wildman–Crippen MR) is 118 cm³/mol. The minimum Gasteiger partial charge on any atom is -0.494 e. The van der Waals surface area contributed by atoms with Gasteiger partial charge in [0.05, 0.1) is 12.7 Å². The Morgan fingerprint density at radius 1 is 1.07 bits per heavy atom. The maximum absolute atomic E-state index is 12.0. The van der Waals surface area contributed by atoms with Crippen molar-refractivity contribution in [2.75, 3.05) is 11.9 Å². The van der Waals surface area contributed by atoms with Crippen molar-refractivity contribution in [2.24, 2.45) is 0 Å². The summed E-state index contributed by atoms with van der Waals surface area (Å²) in [6.07, 6.45) is 4.27. The molecular weight excluding hydrogens is 372 g/mol. The van der Waals surface area contributed by atoms with E-state index in [1.807, 2.05) is 62.4 Å². The number of hydrogen-bond donors (Lipinski definition) is 2. The van der Waals surface area contributed by atoms with Crippen LogP contribution in [-0.2, 0) is 4.79 Å². The molecule has 2 N–H and O–H groups in total. The lowest BCUT2D eigenvalue weighted by Gasteiger charge is -2.13. The molecule has 0 aromatic heterocycles. The zero-order valence-electron chi connectivity index (χ0n) is 16.4. The summed E-state index contributed by atoms with van der Waals surface area (Å²) in [5.41, 5.74) is 1.67. The third-order valence-electron chi connectivity index (χ3n) is 3.88. The van der Waals surface area contributed by atoms with Crippen molar-refractivity contribution in [3.05, 3.63) is 60.2 Å².